The van der Waals surface area contributed by atoms with Crippen LogP contribution in [0.3, 0.4) is 0 Å². The average Bonchev–Trinajstić information content (AvgIpc) is 3.90. The third-order valence-electron chi connectivity index (χ3n) is 12.2. The maximum absolute atomic E-state index is 12.5. The van der Waals surface area contributed by atoms with Crippen molar-refractivity contribution in [2.75, 3.05) is 50.0 Å². The quantitative estimate of drug-likeness (QED) is 0.0788. The number of anilines is 2. The van der Waals surface area contributed by atoms with Gasteiger partial charge in [-0.15, -0.1) is 0 Å². The molecule has 0 radical (unpaired) electrons. The van der Waals surface area contributed by atoms with Crippen molar-refractivity contribution in [2.45, 2.75) is 92.2 Å². The van der Waals surface area contributed by atoms with E-state index in [1.54, 1.807) is 4.90 Å². The van der Waals surface area contributed by atoms with Gasteiger partial charge < -0.3 is 33.9 Å². The fourth-order valence-electron chi connectivity index (χ4n) is 8.21. The number of hydrogen-bond donors (Lipinski definition) is 3. The average molecular weight is 1130 g/mol. The van der Waals surface area contributed by atoms with Crippen molar-refractivity contribution in [1.82, 2.24) is 29.8 Å². The molecule has 4 aromatic carbocycles. The molecule has 2 aromatic heterocycles. The minimum Gasteiger partial charge on any atom is -0.489 e. The molecule has 0 saturated carbocycles. The monoisotopic (exact) mass is 1120 g/mol. The van der Waals surface area contributed by atoms with Crippen LogP contribution in [0.25, 0.3) is 0 Å². The fraction of sp³-hybridized carbons (Fsp3) is 0.400. The molecule has 73 heavy (non-hydrogen) atoms. The lowest BCUT2D eigenvalue weighted by Gasteiger charge is -2.33. The Morgan fingerprint density at radius 1 is 0.630 bits per heavy atom. The second kappa shape index (κ2) is 26.5. The summed E-state index contributed by atoms with van der Waals surface area (Å²) in [7, 11) is 0. The summed E-state index contributed by atoms with van der Waals surface area (Å²) in [5, 5.41) is 17.9. The van der Waals surface area contributed by atoms with Gasteiger partial charge in [0.05, 0.1) is 26.3 Å². The number of likely N-dealkylation sites (tertiary alicyclic amines) is 1. The summed E-state index contributed by atoms with van der Waals surface area (Å²) in [5.41, 5.74) is 5.45. The molecule has 3 amide bonds. The molecule has 18 heteroatoms. The predicted molar refractivity (Wildman–Crippen MR) is 288 cm³/mol. The van der Waals surface area contributed by atoms with Gasteiger partial charge in [-0.05, 0) is 133 Å². The minimum atomic E-state index is -0.548. The molecule has 2 aliphatic rings. The second-order valence-electron chi connectivity index (χ2n) is 19.3. The molecule has 4 heterocycles. The Morgan fingerprint density at radius 3 is 1.51 bits per heavy atom. The van der Waals surface area contributed by atoms with Crippen molar-refractivity contribution < 1.29 is 38.1 Å². The number of hydrogen-bond acceptors (Lipinski definition) is 11. The first kappa shape index (κ1) is 54.4. The standard InChI is InChI=1S/C30H37BrN4O5.C25H29BrN4O3/c1-21-16-27(32-28(36)39-20-23-12-14-34(15-13-23)29(37)40-30(2,3)4)33-35(21)18-24-17-25(31)10-11-26(24)38-19-22-8-6-5-7-9-22;1-18-13-24(28-25(31)33-17-20-9-11-27-12-10-20)29-30(18)15-21-14-22(26)7-8-23(21)32-16-19-5-3-2-4-6-19/h5-11,16-17,23H,12-15,18-20H2,1-4H3,(H,32,33,36);2-8,13-14,20,27H,9-12,15-17H2,1H3,(H,28,29,31). The SMILES string of the molecule is Cc1cc(NC(=O)OCC2CCN(C(=O)OC(C)(C)C)CC2)nn1Cc1cc(Br)ccc1OCc1ccccc1.Cc1cc(NC(=O)OCC2CCNCC2)nn1Cc1cc(Br)ccc1OCc1ccccc1. The first-order valence-corrected chi connectivity index (χ1v) is 26.3. The van der Waals surface area contributed by atoms with E-state index in [9.17, 15) is 14.4 Å². The molecule has 2 fully saturated rings. The maximum atomic E-state index is 12.5. The Morgan fingerprint density at radius 2 is 1.07 bits per heavy atom. The molecule has 8 rings (SSSR count). The van der Waals surface area contributed by atoms with Gasteiger partial charge in [-0.25, -0.2) is 14.4 Å². The fourth-order valence-corrected chi connectivity index (χ4v) is 9.02. The number of ether oxygens (including phenoxy) is 5. The van der Waals surface area contributed by atoms with Crippen LogP contribution in [0.5, 0.6) is 11.5 Å². The van der Waals surface area contributed by atoms with Gasteiger partial charge in [0.15, 0.2) is 11.6 Å². The molecule has 0 aliphatic carbocycles. The molecule has 0 unspecified atom stereocenters. The van der Waals surface area contributed by atoms with Crippen LogP contribution < -0.4 is 25.4 Å². The topological polar surface area (TPSA) is 172 Å². The normalized spacial score (nSPS) is 14.1. The van der Waals surface area contributed by atoms with Crippen molar-refractivity contribution in [3.8, 4) is 11.5 Å². The van der Waals surface area contributed by atoms with Crippen molar-refractivity contribution in [3.63, 3.8) is 0 Å². The molecule has 2 saturated heterocycles. The maximum Gasteiger partial charge on any atom is 0.412 e. The molecular weight excluding hydrogens is 1060 g/mol. The highest BCUT2D eigenvalue weighted by Crippen LogP contribution is 2.28. The van der Waals surface area contributed by atoms with Crippen LogP contribution in [0.4, 0.5) is 26.0 Å². The number of carbonyl (C=O) groups excluding carboxylic acids is 3. The molecular formula is C55H66Br2N8O8. The smallest absolute Gasteiger partial charge is 0.412 e. The Balaban J connectivity index is 0.000000218. The van der Waals surface area contributed by atoms with E-state index in [2.05, 4.69) is 58.0 Å². The van der Waals surface area contributed by atoms with Gasteiger partial charge in [-0.3, -0.25) is 20.0 Å². The third-order valence-corrected chi connectivity index (χ3v) is 13.2. The predicted octanol–water partition coefficient (Wildman–Crippen LogP) is 11.9. The Labute approximate surface area is 444 Å². The summed E-state index contributed by atoms with van der Waals surface area (Å²) < 4.78 is 34.1. The molecule has 2 aliphatic heterocycles. The lowest BCUT2D eigenvalue weighted by molar-refractivity contribution is 0.0152. The molecule has 388 valence electrons. The molecule has 0 atom stereocenters. The number of aryl methyl sites for hydroxylation is 2. The van der Waals surface area contributed by atoms with Crippen LogP contribution in [0, 0.1) is 25.7 Å². The lowest BCUT2D eigenvalue weighted by Crippen LogP contribution is -2.42. The molecule has 3 N–H and O–H groups in total. The van der Waals surface area contributed by atoms with E-state index in [4.69, 9.17) is 23.7 Å². The van der Waals surface area contributed by atoms with Crippen molar-refractivity contribution in [3.05, 3.63) is 152 Å². The van der Waals surface area contributed by atoms with Gasteiger partial charge in [0, 0.05) is 56.7 Å². The van der Waals surface area contributed by atoms with Gasteiger partial charge in [0.2, 0.25) is 0 Å². The van der Waals surface area contributed by atoms with Crippen molar-refractivity contribution >= 4 is 61.8 Å². The van der Waals surface area contributed by atoms with Gasteiger partial charge in [-0.2, -0.15) is 10.2 Å². The molecule has 16 nitrogen and oxygen atoms in total. The number of amides is 3. The summed E-state index contributed by atoms with van der Waals surface area (Å²) in [6, 6.07) is 35.6. The zero-order chi connectivity index (χ0) is 51.7. The van der Waals surface area contributed by atoms with Crippen LogP contribution in [-0.2, 0) is 40.5 Å². The van der Waals surface area contributed by atoms with Gasteiger partial charge in [0.1, 0.15) is 30.3 Å². The van der Waals surface area contributed by atoms with Crippen LogP contribution in [-0.4, -0.2) is 87.7 Å². The summed E-state index contributed by atoms with van der Waals surface area (Å²) in [4.78, 5) is 38.7. The Kier molecular flexibility index (Phi) is 19.8. The van der Waals surface area contributed by atoms with Crippen LogP contribution in [0.1, 0.15) is 80.1 Å². The molecule has 0 spiro atoms. The van der Waals surface area contributed by atoms with E-state index in [1.807, 2.05) is 153 Å². The van der Waals surface area contributed by atoms with E-state index in [-0.39, 0.29) is 18.6 Å². The van der Waals surface area contributed by atoms with E-state index in [1.165, 1.54) is 0 Å². The van der Waals surface area contributed by atoms with Crippen LogP contribution in [0.2, 0.25) is 0 Å². The van der Waals surface area contributed by atoms with Crippen LogP contribution in [0.15, 0.2) is 118 Å². The number of aromatic nitrogens is 4. The number of nitrogens with zero attached hydrogens (tertiary/aromatic N) is 5. The number of carbonyl (C=O) groups is 3. The number of rotatable bonds is 16. The first-order valence-electron chi connectivity index (χ1n) is 24.7. The van der Waals surface area contributed by atoms with Gasteiger partial charge in [0.25, 0.3) is 0 Å². The van der Waals surface area contributed by atoms with Crippen molar-refractivity contribution in [2.24, 2.45) is 11.8 Å². The first-order chi connectivity index (χ1) is 35.1. The van der Waals surface area contributed by atoms with E-state index < -0.39 is 17.8 Å². The van der Waals surface area contributed by atoms with Gasteiger partial charge >= 0.3 is 18.3 Å². The van der Waals surface area contributed by atoms with E-state index in [0.29, 0.717) is 63.6 Å². The van der Waals surface area contributed by atoms with Gasteiger partial charge in [-0.1, -0.05) is 92.5 Å². The summed E-state index contributed by atoms with van der Waals surface area (Å²) in [5.74, 6) is 3.08. The second-order valence-corrected chi connectivity index (χ2v) is 21.1. The molecule has 6 aromatic rings. The Bertz CT molecular complexity index is 2730. The highest BCUT2D eigenvalue weighted by molar-refractivity contribution is 9.10. The van der Waals surface area contributed by atoms with E-state index >= 15 is 0 Å². The van der Waals surface area contributed by atoms with Crippen LogP contribution >= 0.6 is 31.9 Å². The number of piperidine rings is 2. The summed E-state index contributed by atoms with van der Waals surface area (Å²) in [6.45, 7) is 15.3. The third kappa shape index (κ3) is 17.7. The Hall–Kier alpha value is -6.37. The number of nitrogens with one attached hydrogen (secondary N) is 3. The molecule has 0 bridgehead atoms. The zero-order valence-electron chi connectivity index (χ0n) is 42.2. The number of halogens is 2. The summed E-state index contributed by atoms with van der Waals surface area (Å²) >= 11 is 7.10. The largest absolute Gasteiger partial charge is 0.489 e. The van der Waals surface area contributed by atoms with Crippen molar-refractivity contribution in [1.29, 1.82) is 0 Å². The minimum absolute atomic E-state index is 0.189. The lowest BCUT2D eigenvalue weighted by atomic mass is 9.98. The highest BCUT2D eigenvalue weighted by atomic mass is 79.9. The van der Waals surface area contributed by atoms with E-state index in [0.717, 1.165) is 92.9 Å². The highest BCUT2D eigenvalue weighted by Gasteiger charge is 2.28. The number of benzene rings is 4. The zero-order valence-corrected chi connectivity index (χ0v) is 45.4. The summed E-state index contributed by atoms with van der Waals surface area (Å²) in [6.07, 6.45) is 2.25.